The minimum absolute atomic E-state index is 0.00407. The highest BCUT2D eigenvalue weighted by atomic mass is 35.5. The highest BCUT2D eigenvalue weighted by Gasteiger charge is 2.21. The second-order valence-corrected chi connectivity index (χ2v) is 5.93. The molecular weight excluding hydrogens is 316 g/mol. The smallest absolute Gasteiger partial charge is 0.243 e. The third kappa shape index (κ3) is 4.74. The lowest BCUT2D eigenvalue weighted by Crippen LogP contribution is -2.49. The molecular formula is C15H21ClN6O. The number of carbonyl (C=O) groups is 1. The number of hydrogen-bond donors (Lipinski definition) is 2. The van der Waals surface area contributed by atoms with Crippen LogP contribution >= 0.6 is 11.6 Å². The first kappa shape index (κ1) is 17.4. The monoisotopic (exact) mass is 336 g/mol. The summed E-state index contributed by atoms with van der Waals surface area (Å²) in [6.45, 7) is 4.45. The molecule has 0 fully saturated rings. The van der Waals surface area contributed by atoms with E-state index in [2.05, 4.69) is 20.7 Å². The lowest BCUT2D eigenvalue weighted by atomic mass is 9.94. The molecule has 124 valence electrons. The average molecular weight is 337 g/mol. The van der Waals surface area contributed by atoms with Crippen molar-refractivity contribution in [3.63, 3.8) is 0 Å². The molecule has 0 saturated heterocycles. The predicted octanol–water partition coefficient (Wildman–Crippen LogP) is 1.63. The molecule has 0 bridgehead atoms. The van der Waals surface area contributed by atoms with Gasteiger partial charge in [0, 0.05) is 22.7 Å². The zero-order chi connectivity index (χ0) is 16.9. The number of rotatable bonds is 7. The molecule has 0 spiro atoms. The maximum absolute atomic E-state index is 12.0. The summed E-state index contributed by atoms with van der Waals surface area (Å²) in [5.41, 5.74) is 6.57. The summed E-state index contributed by atoms with van der Waals surface area (Å²) >= 11 is 5.84. The van der Waals surface area contributed by atoms with Crippen molar-refractivity contribution in [2.75, 3.05) is 6.54 Å². The van der Waals surface area contributed by atoms with Gasteiger partial charge in [-0.05, 0) is 42.3 Å². The number of hydrogen-bond acceptors (Lipinski definition) is 5. The van der Waals surface area contributed by atoms with Crippen LogP contribution in [-0.2, 0) is 11.3 Å². The fourth-order valence-corrected chi connectivity index (χ4v) is 2.11. The summed E-state index contributed by atoms with van der Waals surface area (Å²) in [5, 5.41) is 15.5. The van der Waals surface area contributed by atoms with Crippen LogP contribution in [-0.4, -0.2) is 38.2 Å². The number of benzene rings is 1. The van der Waals surface area contributed by atoms with Gasteiger partial charge < -0.3 is 11.1 Å². The summed E-state index contributed by atoms with van der Waals surface area (Å²) in [6, 6.07) is 7.10. The van der Waals surface area contributed by atoms with Crippen molar-refractivity contribution in [1.29, 1.82) is 0 Å². The van der Waals surface area contributed by atoms with Gasteiger partial charge in [0.1, 0.15) is 6.54 Å². The quantitative estimate of drug-likeness (QED) is 0.800. The van der Waals surface area contributed by atoms with Crippen molar-refractivity contribution < 1.29 is 4.79 Å². The molecule has 3 N–H and O–H groups in total. The largest absolute Gasteiger partial charge is 0.353 e. The summed E-state index contributed by atoms with van der Waals surface area (Å²) in [7, 11) is 0. The zero-order valence-corrected chi connectivity index (χ0v) is 14.0. The topological polar surface area (TPSA) is 98.7 Å². The van der Waals surface area contributed by atoms with E-state index >= 15 is 0 Å². The first-order valence-corrected chi connectivity index (χ1v) is 7.93. The van der Waals surface area contributed by atoms with Crippen LogP contribution in [0.15, 0.2) is 24.3 Å². The predicted molar refractivity (Wildman–Crippen MR) is 88.8 cm³/mol. The SMILES string of the molecule is CCC(N)(CC)CNC(=O)Cn1nnc(-c2ccc(Cl)cc2)n1. The molecule has 0 saturated carbocycles. The zero-order valence-electron chi connectivity index (χ0n) is 13.3. The molecule has 0 aliphatic rings. The van der Waals surface area contributed by atoms with Gasteiger partial charge in [0.05, 0.1) is 0 Å². The van der Waals surface area contributed by atoms with E-state index in [9.17, 15) is 4.79 Å². The van der Waals surface area contributed by atoms with E-state index < -0.39 is 0 Å². The summed E-state index contributed by atoms with van der Waals surface area (Å²) in [6.07, 6.45) is 1.60. The Morgan fingerprint density at radius 1 is 1.30 bits per heavy atom. The van der Waals surface area contributed by atoms with Gasteiger partial charge in [0.15, 0.2) is 0 Å². The van der Waals surface area contributed by atoms with Crippen LogP contribution in [0.25, 0.3) is 11.4 Å². The second kappa shape index (κ2) is 7.52. The number of carbonyl (C=O) groups excluding carboxylic acids is 1. The molecule has 2 rings (SSSR count). The third-order valence-electron chi connectivity index (χ3n) is 3.89. The van der Waals surface area contributed by atoms with Crippen LogP contribution in [0, 0.1) is 0 Å². The van der Waals surface area contributed by atoms with Gasteiger partial charge in [0.2, 0.25) is 11.7 Å². The van der Waals surface area contributed by atoms with Gasteiger partial charge >= 0.3 is 0 Å². The number of tetrazole rings is 1. The lowest BCUT2D eigenvalue weighted by Gasteiger charge is -2.26. The maximum Gasteiger partial charge on any atom is 0.243 e. The van der Waals surface area contributed by atoms with Crippen molar-refractivity contribution in [2.24, 2.45) is 5.73 Å². The first-order chi connectivity index (χ1) is 11.0. The standard InChI is InChI=1S/C15H21ClN6O/c1-3-15(17,4-2)10-18-13(23)9-22-20-14(19-21-22)11-5-7-12(16)8-6-11/h5-8H,3-4,9-10,17H2,1-2H3,(H,18,23). The van der Waals surface area contributed by atoms with E-state index in [1.807, 2.05) is 13.8 Å². The number of nitrogens with two attached hydrogens (primary N) is 1. The van der Waals surface area contributed by atoms with E-state index in [0.717, 1.165) is 18.4 Å². The molecule has 23 heavy (non-hydrogen) atoms. The first-order valence-electron chi connectivity index (χ1n) is 7.55. The van der Waals surface area contributed by atoms with Crippen LogP contribution < -0.4 is 11.1 Å². The molecule has 7 nitrogen and oxygen atoms in total. The Hall–Kier alpha value is -1.99. The third-order valence-corrected chi connectivity index (χ3v) is 4.14. The van der Waals surface area contributed by atoms with Crippen molar-refractivity contribution in [3.8, 4) is 11.4 Å². The number of nitrogens with zero attached hydrogens (tertiary/aromatic N) is 4. The highest BCUT2D eigenvalue weighted by Crippen LogP contribution is 2.16. The minimum Gasteiger partial charge on any atom is -0.353 e. The minimum atomic E-state index is -0.375. The average Bonchev–Trinajstić information content (AvgIpc) is 3.01. The number of nitrogens with one attached hydrogen (secondary N) is 1. The Bertz CT molecular complexity index is 650. The van der Waals surface area contributed by atoms with Crippen LogP contribution in [0.1, 0.15) is 26.7 Å². The van der Waals surface area contributed by atoms with Crippen LogP contribution in [0.4, 0.5) is 0 Å². The van der Waals surface area contributed by atoms with Crippen molar-refractivity contribution >= 4 is 17.5 Å². The Balaban J connectivity index is 1.94. The van der Waals surface area contributed by atoms with Crippen LogP contribution in [0.5, 0.6) is 0 Å². The number of amides is 1. The summed E-state index contributed by atoms with van der Waals surface area (Å²) in [5.74, 6) is 0.256. The molecule has 1 aromatic heterocycles. The molecule has 1 heterocycles. The van der Waals surface area contributed by atoms with Gasteiger partial charge in [-0.3, -0.25) is 4.79 Å². The molecule has 1 aromatic carbocycles. The molecule has 1 amide bonds. The summed E-state index contributed by atoms with van der Waals surface area (Å²) in [4.78, 5) is 13.2. The second-order valence-electron chi connectivity index (χ2n) is 5.50. The summed E-state index contributed by atoms with van der Waals surface area (Å²) < 4.78 is 0. The van der Waals surface area contributed by atoms with E-state index in [-0.39, 0.29) is 18.0 Å². The van der Waals surface area contributed by atoms with Crippen LogP contribution in [0.2, 0.25) is 5.02 Å². The molecule has 8 heteroatoms. The van der Waals surface area contributed by atoms with Crippen LogP contribution in [0.3, 0.4) is 0 Å². The molecule has 0 aliphatic heterocycles. The van der Waals surface area contributed by atoms with E-state index in [0.29, 0.717) is 17.4 Å². The fourth-order valence-electron chi connectivity index (χ4n) is 1.98. The fraction of sp³-hybridized carbons (Fsp3) is 0.467. The van der Waals surface area contributed by atoms with Crippen molar-refractivity contribution in [1.82, 2.24) is 25.5 Å². The van der Waals surface area contributed by atoms with E-state index in [1.54, 1.807) is 24.3 Å². The van der Waals surface area contributed by atoms with Gasteiger partial charge in [-0.25, -0.2) is 0 Å². The highest BCUT2D eigenvalue weighted by molar-refractivity contribution is 6.30. The Morgan fingerprint density at radius 2 is 1.96 bits per heavy atom. The number of halogens is 1. The normalized spacial score (nSPS) is 11.5. The van der Waals surface area contributed by atoms with Crippen molar-refractivity contribution in [2.45, 2.75) is 38.8 Å². The van der Waals surface area contributed by atoms with Gasteiger partial charge in [-0.15, -0.1) is 10.2 Å². The Labute approximate surface area is 140 Å². The van der Waals surface area contributed by atoms with Gasteiger partial charge in [0.25, 0.3) is 0 Å². The van der Waals surface area contributed by atoms with Gasteiger partial charge in [-0.1, -0.05) is 25.4 Å². The van der Waals surface area contributed by atoms with E-state index in [4.69, 9.17) is 17.3 Å². The van der Waals surface area contributed by atoms with E-state index in [1.165, 1.54) is 4.80 Å². The Kier molecular flexibility index (Phi) is 5.68. The molecule has 2 aromatic rings. The van der Waals surface area contributed by atoms with Crippen molar-refractivity contribution in [3.05, 3.63) is 29.3 Å². The molecule has 0 aliphatic carbocycles. The molecule has 0 radical (unpaired) electrons. The Morgan fingerprint density at radius 3 is 2.57 bits per heavy atom. The number of aromatic nitrogens is 4. The molecule has 0 unspecified atom stereocenters. The lowest BCUT2D eigenvalue weighted by molar-refractivity contribution is -0.122. The maximum atomic E-state index is 12.0. The van der Waals surface area contributed by atoms with Gasteiger partial charge in [-0.2, -0.15) is 4.80 Å². The molecule has 0 atom stereocenters.